The highest BCUT2D eigenvalue weighted by Crippen LogP contribution is 2.29. The van der Waals surface area contributed by atoms with Crippen molar-refractivity contribution >= 4 is 29.1 Å². The summed E-state index contributed by atoms with van der Waals surface area (Å²) in [5.41, 5.74) is 8.89. The fourth-order valence-electron chi connectivity index (χ4n) is 3.51. The van der Waals surface area contributed by atoms with Crippen molar-refractivity contribution in [1.29, 1.82) is 0 Å². The zero-order valence-corrected chi connectivity index (χ0v) is 16.6. The number of nitrogens with two attached hydrogens (primary N) is 1. The van der Waals surface area contributed by atoms with Gasteiger partial charge in [-0.05, 0) is 11.6 Å². The molecule has 3 heterocycles. The molecule has 9 heteroatoms. The molecule has 0 saturated carbocycles. The number of hydrogen-bond acceptors (Lipinski definition) is 4. The van der Waals surface area contributed by atoms with E-state index in [1.807, 2.05) is 0 Å². The van der Waals surface area contributed by atoms with Gasteiger partial charge in [-0.3, -0.25) is 19.3 Å². The van der Waals surface area contributed by atoms with Gasteiger partial charge in [0.25, 0.3) is 5.91 Å². The predicted octanol–water partition coefficient (Wildman–Crippen LogP) is 2.83. The third-order valence-electron chi connectivity index (χ3n) is 4.98. The molecule has 1 aromatic carbocycles. The van der Waals surface area contributed by atoms with Crippen LogP contribution in [0.5, 0.6) is 0 Å². The van der Waals surface area contributed by atoms with Gasteiger partial charge in [-0.2, -0.15) is 5.10 Å². The average Bonchev–Trinajstić information content (AvgIpc) is 3.13. The molecule has 1 aliphatic rings. The lowest BCUT2D eigenvalue weighted by Crippen LogP contribution is -2.40. The summed E-state index contributed by atoms with van der Waals surface area (Å²) in [4.78, 5) is 34.1. The van der Waals surface area contributed by atoms with Gasteiger partial charge >= 0.3 is 0 Å². The van der Waals surface area contributed by atoms with E-state index in [1.54, 1.807) is 46.1 Å². The Morgan fingerprint density at radius 3 is 2.63 bits per heavy atom. The van der Waals surface area contributed by atoms with Crippen molar-refractivity contribution < 1.29 is 9.59 Å². The second-order valence-corrected chi connectivity index (χ2v) is 7.36. The Labute approximate surface area is 177 Å². The van der Waals surface area contributed by atoms with Crippen molar-refractivity contribution in [3.05, 3.63) is 76.0 Å². The number of benzene rings is 1. The molecule has 1 aliphatic heterocycles. The van der Waals surface area contributed by atoms with E-state index < -0.39 is 5.91 Å². The number of fused-ring (bicyclic) bond motifs is 1. The van der Waals surface area contributed by atoms with Gasteiger partial charge in [0.05, 0.1) is 42.4 Å². The van der Waals surface area contributed by atoms with Gasteiger partial charge < -0.3 is 10.6 Å². The molecule has 3 aromatic rings. The first-order chi connectivity index (χ1) is 14.5. The zero-order chi connectivity index (χ0) is 21.3. The SMILES string of the molecule is [C-]#[N+]c1ccc(CC(=O)N2CCn3nc(-c4cncc(Cl)c4)c(C(N)=O)c3C2)cc1. The Bertz CT molecular complexity index is 1180. The fraction of sp³-hybridized carbons (Fsp3) is 0.190. The molecular weight excluding hydrogens is 404 g/mol. The van der Waals surface area contributed by atoms with Crippen molar-refractivity contribution in [2.75, 3.05) is 6.54 Å². The molecule has 0 radical (unpaired) electrons. The van der Waals surface area contributed by atoms with Gasteiger partial charge in [0, 0.05) is 24.5 Å². The molecule has 2 amide bonds. The van der Waals surface area contributed by atoms with Gasteiger partial charge in [-0.15, -0.1) is 0 Å². The molecule has 0 aliphatic carbocycles. The van der Waals surface area contributed by atoms with Crippen molar-refractivity contribution in [2.24, 2.45) is 5.73 Å². The highest BCUT2D eigenvalue weighted by molar-refractivity contribution is 6.30. The molecule has 2 aromatic heterocycles. The molecule has 2 N–H and O–H groups in total. The number of carbonyl (C=O) groups excluding carboxylic acids is 2. The number of rotatable bonds is 4. The highest BCUT2D eigenvalue weighted by Gasteiger charge is 2.29. The van der Waals surface area contributed by atoms with E-state index in [1.165, 1.54) is 6.20 Å². The van der Waals surface area contributed by atoms with E-state index in [-0.39, 0.29) is 24.4 Å². The van der Waals surface area contributed by atoms with Crippen LogP contribution in [0.2, 0.25) is 5.02 Å². The lowest BCUT2D eigenvalue weighted by Gasteiger charge is -2.28. The fourth-order valence-corrected chi connectivity index (χ4v) is 3.68. The molecule has 0 spiro atoms. The van der Waals surface area contributed by atoms with Crippen LogP contribution in [0.4, 0.5) is 5.69 Å². The minimum Gasteiger partial charge on any atom is -0.365 e. The number of hydrogen-bond donors (Lipinski definition) is 1. The number of nitrogens with zero attached hydrogens (tertiary/aromatic N) is 5. The van der Waals surface area contributed by atoms with E-state index >= 15 is 0 Å². The van der Waals surface area contributed by atoms with Gasteiger partial charge in [0.1, 0.15) is 5.69 Å². The number of halogens is 1. The Hall–Kier alpha value is -3.70. The van der Waals surface area contributed by atoms with Crippen LogP contribution < -0.4 is 5.73 Å². The first kappa shape index (κ1) is 19.6. The monoisotopic (exact) mass is 420 g/mol. The molecule has 0 fully saturated rings. The first-order valence-electron chi connectivity index (χ1n) is 9.21. The Morgan fingerprint density at radius 1 is 1.20 bits per heavy atom. The van der Waals surface area contributed by atoms with Crippen LogP contribution in [0.15, 0.2) is 42.7 Å². The zero-order valence-electron chi connectivity index (χ0n) is 15.9. The number of pyridine rings is 1. The summed E-state index contributed by atoms with van der Waals surface area (Å²) >= 11 is 6.03. The standard InChI is InChI=1S/C21H17ClN6O2/c1-24-16-4-2-13(3-5-16)8-18(29)27-6-7-28-17(12-27)19(21(23)30)20(26-28)14-9-15(22)11-25-10-14/h2-5,9-11H,6-8,12H2,(H2,23,30). The molecule has 0 bridgehead atoms. The molecule has 150 valence electrons. The summed E-state index contributed by atoms with van der Waals surface area (Å²) in [5, 5.41) is 4.96. The van der Waals surface area contributed by atoms with Crippen LogP contribution in [0, 0.1) is 6.57 Å². The predicted molar refractivity (Wildman–Crippen MR) is 111 cm³/mol. The third-order valence-corrected chi connectivity index (χ3v) is 5.18. The molecular formula is C21H17ClN6O2. The highest BCUT2D eigenvalue weighted by atomic mass is 35.5. The average molecular weight is 421 g/mol. The lowest BCUT2D eigenvalue weighted by atomic mass is 10.1. The molecule has 0 unspecified atom stereocenters. The van der Waals surface area contributed by atoms with E-state index in [4.69, 9.17) is 23.9 Å². The van der Waals surface area contributed by atoms with Crippen LogP contribution in [0.1, 0.15) is 21.6 Å². The van der Waals surface area contributed by atoms with Crippen LogP contribution in [-0.4, -0.2) is 38.0 Å². The minimum absolute atomic E-state index is 0.0700. The van der Waals surface area contributed by atoms with Gasteiger partial charge in [0.2, 0.25) is 5.91 Å². The Morgan fingerprint density at radius 2 is 1.97 bits per heavy atom. The Kier molecular flexibility index (Phi) is 5.21. The normalized spacial score (nSPS) is 12.9. The summed E-state index contributed by atoms with van der Waals surface area (Å²) in [6, 6.07) is 8.61. The van der Waals surface area contributed by atoms with E-state index in [0.717, 1.165) is 5.56 Å². The van der Waals surface area contributed by atoms with Crippen LogP contribution in [0.3, 0.4) is 0 Å². The van der Waals surface area contributed by atoms with Gasteiger partial charge in [0.15, 0.2) is 5.69 Å². The minimum atomic E-state index is -0.616. The van der Waals surface area contributed by atoms with Crippen LogP contribution in [-0.2, 0) is 24.3 Å². The van der Waals surface area contributed by atoms with Crippen molar-refractivity contribution in [3.63, 3.8) is 0 Å². The summed E-state index contributed by atoms with van der Waals surface area (Å²) < 4.78 is 1.71. The van der Waals surface area contributed by atoms with Crippen molar-refractivity contribution in [2.45, 2.75) is 19.5 Å². The maximum Gasteiger partial charge on any atom is 0.252 e. The molecule has 0 saturated heterocycles. The molecule has 0 atom stereocenters. The van der Waals surface area contributed by atoms with Crippen LogP contribution >= 0.6 is 11.6 Å². The maximum atomic E-state index is 12.8. The number of primary amides is 1. The van der Waals surface area contributed by atoms with Crippen molar-refractivity contribution in [3.8, 4) is 11.3 Å². The number of amides is 2. The number of carbonyl (C=O) groups is 2. The first-order valence-corrected chi connectivity index (χ1v) is 9.58. The van der Waals surface area contributed by atoms with Gasteiger partial charge in [-0.1, -0.05) is 35.9 Å². The third kappa shape index (κ3) is 3.75. The summed E-state index contributed by atoms with van der Waals surface area (Å²) in [5.74, 6) is -0.685. The quantitative estimate of drug-likeness (QED) is 0.656. The molecule has 4 rings (SSSR count). The van der Waals surface area contributed by atoms with Gasteiger partial charge in [-0.25, -0.2) is 4.85 Å². The summed E-state index contributed by atoms with van der Waals surface area (Å²) in [7, 11) is 0. The van der Waals surface area contributed by atoms with E-state index in [0.29, 0.717) is 40.8 Å². The molecule has 8 nitrogen and oxygen atoms in total. The second kappa shape index (κ2) is 7.97. The second-order valence-electron chi connectivity index (χ2n) is 6.92. The van der Waals surface area contributed by atoms with E-state index in [2.05, 4.69) is 14.9 Å². The molecule has 30 heavy (non-hydrogen) atoms. The topological polar surface area (TPSA) is 98.5 Å². The van der Waals surface area contributed by atoms with E-state index in [9.17, 15) is 9.59 Å². The maximum absolute atomic E-state index is 12.8. The smallest absolute Gasteiger partial charge is 0.252 e. The lowest BCUT2D eigenvalue weighted by molar-refractivity contribution is -0.132. The van der Waals surface area contributed by atoms with Crippen molar-refractivity contribution in [1.82, 2.24) is 19.7 Å². The summed E-state index contributed by atoms with van der Waals surface area (Å²) in [6.07, 6.45) is 3.28. The summed E-state index contributed by atoms with van der Waals surface area (Å²) in [6.45, 7) is 8.16. The number of aromatic nitrogens is 3. The Balaban J connectivity index is 1.60. The largest absolute Gasteiger partial charge is 0.365 e. The van der Waals surface area contributed by atoms with Crippen LogP contribution in [0.25, 0.3) is 16.1 Å².